The standard InChI is InChI=1S/C11H10N2O2/c14-11-7-3-1-4-8(7)12-10(13-11)9-5-2-6-15-9/h2,5-6H,1,3-4H2,(H,12,13,14). The van der Waals surface area contributed by atoms with Gasteiger partial charge in [0.05, 0.1) is 12.0 Å². The fraction of sp³-hybridized carbons (Fsp3) is 0.273. The van der Waals surface area contributed by atoms with Gasteiger partial charge in [0.15, 0.2) is 11.6 Å². The summed E-state index contributed by atoms with van der Waals surface area (Å²) < 4.78 is 5.20. The molecule has 1 N–H and O–H groups in total. The van der Waals surface area contributed by atoms with E-state index < -0.39 is 0 Å². The maximum absolute atomic E-state index is 11.7. The largest absolute Gasteiger partial charge is 0.461 e. The third-order valence-corrected chi connectivity index (χ3v) is 2.70. The van der Waals surface area contributed by atoms with Crippen LogP contribution in [-0.2, 0) is 12.8 Å². The second-order valence-electron chi connectivity index (χ2n) is 3.67. The molecule has 2 heterocycles. The molecular formula is C11H10N2O2. The summed E-state index contributed by atoms with van der Waals surface area (Å²) in [4.78, 5) is 18.8. The van der Waals surface area contributed by atoms with Crippen molar-refractivity contribution in [1.29, 1.82) is 0 Å². The van der Waals surface area contributed by atoms with Crippen LogP contribution in [0.15, 0.2) is 27.6 Å². The molecule has 2 aromatic rings. The molecule has 0 unspecified atom stereocenters. The minimum atomic E-state index is -0.0242. The molecule has 0 radical (unpaired) electrons. The molecule has 0 saturated heterocycles. The molecule has 76 valence electrons. The molecule has 4 heteroatoms. The zero-order valence-corrected chi connectivity index (χ0v) is 8.12. The Balaban J connectivity index is 2.20. The van der Waals surface area contributed by atoms with E-state index >= 15 is 0 Å². The average molecular weight is 202 g/mol. The van der Waals surface area contributed by atoms with E-state index in [1.165, 1.54) is 0 Å². The van der Waals surface area contributed by atoms with Crippen molar-refractivity contribution in [2.24, 2.45) is 0 Å². The van der Waals surface area contributed by atoms with E-state index in [0.717, 1.165) is 30.5 Å². The minimum absolute atomic E-state index is 0.0242. The van der Waals surface area contributed by atoms with Gasteiger partial charge in [-0.15, -0.1) is 0 Å². The fourth-order valence-corrected chi connectivity index (χ4v) is 1.97. The number of aryl methyl sites for hydroxylation is 1. The Morgan fingerprint density at radius 1 is 1.40 bits per heavy atom. The number of aromatic amines is 1. The van der Waals surface area contributed by atoms with Crippen LogP contribution in [0.3, 0.4) is 0 Å². The van der Waals surface area contributed by atoms with E-state index in [4.69, 9.17) is 4.42 Å². The third kappa shape index (κ3) is 1.29. The topological polar surface area (TPSA) is 58.9 Å². The van der Waals surface area contributed by atoms with Gasteiger partial charge in [0.2, 0.25) is 0 Å². The number of aromatic nitrogens is 2. The number of furan rings is 1. The molecule has 1 aliphatic rings. The van der Waals surface area contributed by atoms with Crippen LogP contribution in [0.25, 0.3) is 11.6 Å². The van der Waals surface area contributed by atoms with Crippen LogP contribution in [0, 0.1) is 0 Å². The van der Waals surface area contributed by atoms with Gasteiger partial charge in [0.1, 0.15) is 0 Å². The maximum Gasteiger partial charge on any atom is 0.254 e. The lowest BCUT2D eigenvalue weighted by Crippen LogP contribution is -2.14. The molecule has 0 aliphatic heterocycles. The number of hydrogen-bond acceptors (Lipinski definition) is 3. The van der Waals surface area contributed by atoms with Crippen molar-refractivity contribution < 1.29 is 4.42 Å². The highest BCUT2D eigenvalue weighted by molar-refractivity contribution is 5.47. The highest BCUT2D eigenvalue weighted by Gasteiger charge is 2.18. The molecule has 0 aromatic carbocycles. The van der Waals surface area contributed by atoms with Gasteiger partial charge >= 0.3 is 0 Å². The Morgan fingerprint density at radius 2 is 2.33 bits per heavy atom. The predicted octanol–water partition coefficient (Wildman–Crippen LogP) is 1.52. The Labute approximate surface area is 86.0 Å². The van der Waals surface area contributed by atoms with Crippen LogP contribution >= 0.6 is 0 Å². The van der Waals surface area contributed by atoms with Crippen LogP contribution < -0.4 is 5.56 Å². The molecule has 0 bridgehead atoms. The lowest BCUT2D eigenvalue weighted by Gasteiger charge is -2.00. The van der Waals surface area contributed by atoms with E-state index in [9.17, 15) is 4.79 Å². The summed E-state index contributed by atoms with van der Waals surface area (Å²) in [5, 5.41) is 0. The molecule has 0 amide bonds. The van der Waals surface area contributed by atoms with E-state index in [-0.39, 0.29) is 5.56 Å². The fourth-order valence-electron chi connectivity index (χ4n) is 1.97. The summed E-state index contributed by atoms with van der Waals surface area (Å²) in [6.07, 6.45) is 4.33. The summed E-state index contributed by atoms with van der Waals surface area (Å²) in [6.45, 7) is 0. The molecule has 2 aromatic heterocycles. The average Bonchev–Trinajstić information content (AvgIpc) is 2.88. The van der Waals surface area contributed by atoms with E-state index in [1.54, 1.807) is 18.4 Å². The number of fused-ring (bicyclic) bond motifs is 1. The van der Waals surface area contributed by atoms with Gasteiger partial charge in [0.25, 0.3) is 5.56 Å². The van der Waals surface area contributed by atoms with Crippen molar-refractivity contribution in [1.82, 2.24) is 9.97 Å². The van der Waals surface area contributed by atoms with Crippen LogP contribution in [0.5, 0.6) is 0 Å². The SMILES string of the molecule is O=c1[nH]c(-c2ccco2)nc2c1CCC2. The molecule has 0 atom stereocenters. The molecule has 0 saturated carbocycles. The van der Waals surface area contributed by atoms with Gasteiger partial charge in [-0.25, -0.2) is 4.98 Å². The lowest BCUT2D eigenvalue weighted by atomic mass is 10.2. The van der Waals surface area contributed by atoms with Gasteiger partial charge in [-0.05, 0) is 31.4 Å². The van der Waals surface area contributed by atoms with Crippen LogP contribution in [0.4, 0.5) is 0 Å². The summed E-state index contributed by atoms with van der Waals surface area (Å²) in [7, 11) is 0. The van der Waals surface area contributed by atoms with E-state index in [1.807, 2.05) is 0 Å². The molecule has 4 nitrogen and oxygen atoms in total. The Morgan fingerprint density at radius 3 is 3.13 bits per heavy atom. The Hall–Kier alpha value is -1.84. The zero-order valence-electron chi connectivity index (χ0n) is 8.12. The number of hydrogen-bond donors (Lipinski definition) is 1. The van der Waals surface area contributed by atoms with Crippen LogP contribution in [0.1, 0.15) is 17.7 Å². The first-order valence-electron chi connectivity index (χ1n) is 5.00. The highest BCUT2D eigenvalue weighted by Crippen LogP contribution is 2.20. The predicted molar refractivity (Wildman–Crippen MR) is 54.6 cm³/mol. The zero-order chi connectivity index (χ0) is 10.3. The van der Waals surface area contributed by atoms with E-state index in [0.29, 0.717) is 11.6 Å². The van der Waals surface area contributed by atoms with Crippen molar-refractivity contribution in [3.05, 3.63) is 40.0 Å². The van der Waals surface area contributed by atoms with Gasteiger partial charge in [0, 0.05) is 5.56 Å². The van der Waals surface area contributed by atoms with Gasteiger partial charge in [-0.2, -0.15) is 0 Å². The molecule has 3 rings (SSSR count). The lowest BCUT2D eigenvalue weighted by molar-refractivity contribution is 0.576. The van der Waals surface area contributed by atoms with Crippen LogP contribution in [0.2, 0.25) is 0 Å². The normalized spacial score (nSPS) is 14.1. The summed E-state index contributed by atoms with van der Waals surface area (Å²) in [6, 6.07) is 3.57. The van der Waals surface area contributed by atoms with Crippen molar-refractivity contribution in [3.63, 3.8) is 0 Å². The van der Waals surface area contributed by atoms with Gasteiger partial charge in [-0.1, -0.05) is 0 Å². The second kappa shape index (κ2) is 3.08. The van der Waals surface area contributed by atoms with Crippen LogP contribution in [-0.4, -0.2) is 9.97 Å². The van der Waals surface area contributed by atoms with Crippen molar-refractivity contribution in [3.8, 4) is 11.6 Å². The van der Waals surface area contributed by atoms with Crippen molar-refractivity contribution in [2.75, 3.05) is 0 Å². The maximum atomic E-state index is 11.7. The molecular weight excluding hydrogens is 192 g/mol. The summed E-state index contributed by atoms with van der Waals surface area (Å²) in [5.74, 6) is 1.15. The first-order valence-corrected chi connectivity index (χ1v) is 5.00. The number of rotatable bonds is 1. The van der Waals surface area contributed by atoms with Crippen molar-refractivity contribution in [2.45, 2.75) is 19.3 Å². The van der Waals surface area contributed by atoms with Gasteiger partial charge < -0.3 is 9.40 Å². The monoisotopic (exact) mass is 202 g/mol. The second-order valence-corrected chi connectivity index (χ2v) is 3.67. The number of H-pyrrole nitrogens is 1. The molecule has 0 fully saturated rings. The van der Waals surface area contributed by atoms with E-state index in [2.05, 4.69) is 9.97 Å². The van der Waals surface area contributed by atoms with Crippen molar-refractivity contribution >= 4 is 0 Å². The molecule has 0 spiro atoms. The number of nitrogens with one attached hydrogen (secondary N) is 1. The highest BCUT2D eigenvalue weighted by atomic mass is 16.3. The Kier molecular flexibility index (Phi) is 1.74. The first kappa shape index (κ1) is 8.47. The minimum Gasteiger partial charge on any atom is -0.461 e. The Bertz CT molecular complexity index is 540. The molecule has 1 aliphatic carbocycles. The quantitative estimate of drug-likeness (QED) is 0.762. The van der Waals surface area contributed by atoms with Gasteiger partial charge in [-0.3, -0.25) is 4.79 Å². The first-order chi connectivity index (χ1) is 7.34. The third-order valence-electron chi connectivity index (χ3n) is 2.70. The summed E-state index contributed by atoms with van der Waals surface area (Å²) in [5.41, 5.74) is 1.74. The number of nitrogens with zero attached hydrogens (tertiary/aromatic N) is 1. The smallest absolute Gasteiger partial charge is 0.254 e. The summed E-state index contributed by atoms with van der Waals surface area (Å²) >= 11 is 0. The molecule has 15 heavy (non-hydrogen) atoms.